The number of hydrogen-bond acceptors (Lipinski definition) is 5. The van der Waals surface area contributed by atoms with Crippen LogP contribution in [0.5, 0.6) is 0 Å². The molecule has 2 aromatic rings. The molecule has 1 aliphatic carbocycles. The minimum Gasteiger partial charge on any atom is -0.356 e. The van der Waals surface area contributed by atoms with Crippen molar-refractivity contribution in [1.29, 1.82) is 0 Å². The van der Waals surface area contributed by atoms with Crippen LogP contribution >= 0.6 is 0 Å². The van der Waals surface area contributed by atoms with Crippen LogP contribution in [0.15, 0.2) is 29.2 Å². The quantitative estimate of drug-likeness (QED) is 0.855. The first-order chi connectivity index (χ1) is 11.9. The Morgan fingerprint density at radius 1 is 1.16 bits per heavy atom. The summed E-state index contributed by atoms with van der Waals surface area (Å²) in [7, 11) is 0. The molecule has 4 rings (SSSR count). The number of anilines is 1. The molecule has 2 fully saturated rings. The van der Waals surface area contributed by atoms with E-state index in [1.807, 2.05) is 18.3 Å². The topological polar surface area (TPSA) is 63.9 Å². The summed E-state index contributed by atoms with van der Waals surface area (Å²) in [5, 5.41) is 4.57. The molecule has 1 saturated heterocycles. The highest BCUT2D eigenvalue weighted by atomic mass is 16.1. The van der Waals surface area contributed by atoms with Crippen LogP contribution in [0.2, 0.25) is 0 Å². The molecule has 0 amide bonds. The van der Waals surface area contributed by atoms with Crippen LogP contribution in [0.3, 0.4) is 0 Å². The summed E-state index contributed by atoms with van der Waals surface area (Å²) in [6.07, 6.45) is 4.29. The van der Waals surface area contributed by atoms with E-state index in [1.165, 1.54) is 12.8 Å². The average Bonchev–Trinajstić information content (AvgIpc) is 3.36. The zero-order valence-corrected chi connectivity index (χ0v) is 15.1. The van der Waals surface area contributed by atoms with Gasteiger partial charge in [0.1, 0.15) is 11.6 Å². The second-order valence-corrected chi connectivity index (χ2v) is 8.31. The molecule has 2 aliphatic rings. The maximum atomic E-state index is 12.1. The fourth-order valence-electron chi connectivity index (χ4n) is 3.17. The first kappa shape index (κ1) is 16.2. The Morgan fingerprint density at radius 3 is 2.60 bits per heavy atom. The van der Waals surface area contributed by atoms with Gasteiger partial charge in [-0.3, -0.25) is 4.79 Å². The van der Waals surface area contributed by atoms with Gasteiger partial charge in [0.15, 0.2) is 0 Å². The molecule has 0 radical (unpaired) electrons. The summed E-state index contributed by atoms with van der Waals surface area (Å²) in [6, 6.07) is 5.45. The fourth-order valence-corrected chi connectivity index (χ4v) is 3.17. The smallest absolute Gasteiger partial charge is 0.266 e. The van der Waals surface area contributed by atoms with Crippen molar-refractivity contribution in [2.45, 2.75) is 51.5 Å². The van der Waals surface area contributed by atoms with Gasteiger partial charge in [0, 0.05) is 42.6 Å². The summed E-state index contributed by atoms with van der Waals surface area (Å²) in [4.78, 5) is 23.5. The van der Waals surface area contributed by atoms with E-state index in [1.54, 1.807) is 10.7 Å². The summed E-state index contributed by atoms with van der Waals surface area (Å²) >= 11 is 0. The predicted octanol–water partition coefficient (Wildman–Crippen LogP) is 2.34. The van der Waals surface area contributed by atoms with Crippen LogP contribution in [-0.4, -0.2) is 32.8 Å². The number of aromatic nitrogens is 4. The van der Waals surface area contributed by atoms with Gasteiger partial charge in [-0.15, -0.1) is 0 Å². The third kappa shape index (κ3) is 3.43. The Hall–Kier alpha value is -2.24. The molecule has 6 heteroatoms. The highest BCUT2D eigenvalue weighted by Crippen LogP contribution is 2.38. The fraction of sp³-hybridized carbons (Fsp3) is 0.579. The molecule has 0 bridgehead atoms. The van der Waals surface area contributed by atoms with Gasteiger partial charge in [-0.1, -0.05) is 20.8 Å². The lowest BCUT2D eigenvalue weighted by atomic mass is 9.92. The zero-order valence-electron chi connectivity index (χ0n) is 15.1. The van der Waals surface area contributed by atoms with Crippen molar-refractivity contribution in [2.75, 3.05) is 18.0 Å². The molecule has 6 nitrogen and oxygen atoms in total. The van der Waals surface area contributed by atoms with Crippen molar-refractivity contribution in [1.82, 2.24) is 19.7 Å². The largest absolute Gasteiger partial charge is 0.356 e. The van der Waals surface area contributed by atoms with E-state index in [0.29, 0.717) is 18.4 Å². The number of nitrogens with zero attached hydrogens (tertiary/aromatic N) is 5. The van der Waals surface area contributed by atoms with Gasteiger partial charge in [-0.25, -0.2) is 14.6 Å². The van der Waals surface area contributed by atoms with E-state index in [9.17, 15) is 4.79 Å². The van der Waals surface area contributed by atoms with Crippen molar-refractivity contribution in [3.63, 3.8) is 0 Å². The van der Waals surface area contributed by atoms with Gasteiger partial charge in [-0.05, 0) is 25.0 Å². The van der Waals surface area contributed by atoms with Crippen LogP contribution in [0.1, 0.15) is 51.0 Å². The lowest BCUT2D eigenvalue weighted by Gasteiger charge is -2.40. The third-order valence-electron chi connectivity index (χ3n) is 4.95. The van der Waals surface area contributed by atoms with Crippen LogP contribution in [0, 0.1) is 5.92 Å². The molecule has 1 aliphatic heterocycles. The zero-order chi connectivity index (χ0) is 17.6. The second kappa shape index (κ2) is 5.93. The first-order valence-electron chi connectivity index (χ1n) is 9.07. The molecule has 132 valence electrons. The van der Waals surface area contributed by atoms with Crippen LogP contribution in [-0.2, 0) is 12.0 Å². The number of hydrogen-bond donors (Lipinski definition) is 0. The maximum Gasteiger partial charge on any atom is 0.266 e. The predicted molar refractivity (Wildman–Crippen MR) is 96.9 cm³/mol. The molecule has 0 N–H and O–H groups in total. The van der Waals surface area contributed by atoms with Crippen LogP contribution in [0.4, 0.5) is 5.82 Å². The lowest BCUT2D eigenvalue weighted by molar-refractivity contribution is 0.327. The highest BCUT2D eigenvalue weighted by molar-refractivity contribution is 5.41. The number of rotatable bonds is 4. The second-order valence-electron chi connectivity index (χ2n) is 8.31. The molecule has 0 unspecified atom stereocenters. The summed E-state index contributed by atoms with van der Waals surface area (Å²) < 4.78 is 1.62. The van der Waals surface area contributed by atoms with Gasteiger partial charge < -0.3 is 4.90 Å². The Labute approximate surface area is 147 Å². The van der Waals surface area contributed by atoms with E-state index >= 15 is 0 Å². The molecule has 3 heterocycles. The maximum absolute atomic E-state index is 12.1. The molecule has 0 atom stereocenters. The van der Waals surface area contributed by atoms with E-state index in [0.717, 1.165) is 30.4 Å². The van der Waals surface area contributed by atoms with Crippen molar-refractivity contribution in [2.24, 2.45) is 5.92 Å². The first-order valence-corrected chi connectivity index (χ1v) is 9.07. The minimum absolute atomic E-state index is 0.0236. The Kier molecular flexibility index (Phi) is 3.85. The third-order valence-corrected chi connectivity index (χ3v) is 4.95. The molecule has 2 aromatic heterocycles. The van der Waals surface area contributed by atoms with E-state index in [2.05, 4.69) is 35.8 Å². The van der Waals surface area contributed by atoms with Gasteiger partial charge in [-0.2, -0.15) is 5.10 Å². The Morgan fingerprint density at radius 2 is 1.92 bits per heavy atom. The van der Waals surface area contributed by atoms with Crippen molar-refractivity contribution < 1.29 is 0 Å². The van der Waals surface area contributed by atoms with Crippen LogP contribution < -0.4 is 10.5 Å². The minimum atomic E-state index is -0.0543. The molecule has 0 spiro atoms. The molecule has 1 saturated carbocycles. The van der Waals surface area contributed by atoms with Gasteiger partial charge in [0.25, 0.3) is 5.56 Å². The average molecular weight is 339 g/mol. The molecular formula is C19H25N5O. The monoisotopic (exact) mass is 339 g/mol. The summed E-state index contributed by atoms with van der Waals surface area (Å²) in [5.74, 6) is 2.99. The Balaban J connectivity index is 1.42. The van der Waals surface area contributed by atoms with Crippen molar-refractivity contribution in [3.05, 3.63) is 46.3 Å². The molecule has 25 heavy (non-hydrogen) atoms. The Bertz CT molecular complexity index is 828. The van der Waals surface area contributed by atoms with E-state index < -0.39 is 0 Å². The van der Waals surface area contributed by atoms with Crippen LogP contribution in [0.25, 0.3) is 0 Å². The van der Waals surface area contributed by atoms with Gasteiger partial charge in [0.2, 0.25) is 0 Å². The summed E-state index contributed by atoms with van der Waals surface area (Å²) in [5.41, 5.74) is 0.874. The molecular weight excluding hydrogens is 314 g/mol. The van der Waals surface area contributed by atoms with Crippen molar-refractivity contribution in [3.8, 4) is 0 Å². The van der Waals surface area contributed by atoms with E-state index in [-0.39, 0.29) is 11.0 Å². The SMILES string of the molecule is CC(C)(C)c1ccc(=O)n(CC2CN(c3ccnc(C4CC4)n3)C2)n1. The van der Waals surface area contributed by atoms with Gasteiger partial charge >= 0.3 is 0 Å². The normalized spacial score (nSPS) is 18.3. The standard InChI is InChI=1S/C19H25N5O/c1-19(2,3)15-6-7-17(25)24(22-15)12-13-10-23(11-13)16-8-9-20-18(21-16)14-4-5-14/h6-9,13-14H,4-5,10-12H2,1-3H3. The summed E-state index contributed by atoms with van der Waals surface area (Å²) in [6.45, 7) is 8.83. The lowest BCUT2D eigenvalue weighted by Crippen LogP contribution is -2.50. The van der Waals surface area contributed by atoms with E-state index in [4.69, 9.17) is 4.98 Å². The highest BCUT2D eigenvalue weighted by Gasteiger charge is 2.31. The van der Waals surface area contributed by atoms with Gasteiger partial charge in [0.05, 0.1) is 12.2 Å². The van der Waals surface area contributed by atoms with Crippen molar-refractivity contribution >= 4 is 5.82 Å². The molecule has 0 aromatic carbocycles.